The van der Waals surface area contributed by atoms with Gasteiger partial charge in [0.1, 0.15) is 5.75 Å². The van der Waals surface area contributed by atoms with Gasteiger partial charge in [0.2, 0.25) is 5.78 Å². The summed E-state index contributed by atoms with van der Waals surface area (Å²) in [5.74, 6) is 0.711. The second-order valence-electron chi connectivity index (χ2n) is 6.30. The summed E-state index contributed by atoms with van der Waals surface area (Å²) in [6.07, 6.45) is 2.05. The highest BCUT2D eigenvalue weighted by molar-refractivity contribution is 6.14. The predicted molar refractivity (Wildman–Crippen MR) is 101 cm³/mol. The van der Waals surface area contributed by atoms with Crippen LogP contribution in [0.2, 0.25) is 0 Å². The van der Waals surface area contributed by atoms with Crippen molar-refractivity contribution in [3.63, 3.8) is 0 Å². The number of fused-ring (bicyclic) bond motifs is 1. The van der Waals surface area contributed by atoms with Crippen LogP contribution in [0.5, 0.6) is 5.75 Å². The van der Waals surface area contributed by atoms with E-state index in [1.165, 1.54) is 0 Å². The third-order valence-electron chi connectivity index (χ3n) is 4.59. The summed E-state index contributed by atoms with van der Waals surface area (Å²) >= 11 is 0. The minimum Gasteiger partial charge on any atom is -0.474 e. The highest BCUT2D eigenvalue weighted by atomic mass is 16.5. The molecule has 1 heterocycles. The van der Waals surface area contributed by atoms with Crippen molar-refractivity contribution in [2.24, 2.45) is 0 Å². The molecule has 0 fully saturated rings. The Morgan fingerprint density at radius 3 is 2.16 bits per heavy atom. The van der Waals surface area contributed by atoms with E-state index in [-0.39, 0.29) is 5.78 Å². The van der Waals surface area contributed by atoms with E-state index >= 15 is 0 Å². The highest BCUT2D eigenvalue weighted by Crippen LogP contribution is 2.46. The van der Waals surface area contributed by atoms with Crippen LogP contribution in [-0.4, -0.2) is 11.4 Å². The minimum absolute atomic E-state index is 0.0357. The largest absolute Gasteiger partial charge is 0.474 e. The normalized spacial score (nSPS) is 20.1. The van der Waals surface area contributed by atoms with Crippen LogP contribution in [0.15, 0.2) is 84.9 Å². The molecule has 2 nitrogen and oxygen atoms in total. The van der Waals surface area contributed by atoms with Gasteiger partial charge < -0.3 is 4.74 Å². The Morgan fingerprint density at radius 2 is 1.44 bits per heavy atom. The summed E-state index contributed by atoms with van der Waals surface area (Å²) in [6.45, 7) is 1.86. The molecule has 25 heavy (non-hydrogen) atoms. The molecule has 0 saturated heterocycles. The maximum atomic E-state index is 13.3. The Morgan fingerprint density at radius 1 is 0.840 bits per heavy atom. The molecule has 0 N–H and O–H groups in total. The number of hydrogen-bond acceptors (Lipinski definition) is 2. The van der Waals surface area contributed by atoms with E-state index in [2.05, 4.69) is 0 Å². The highest BCUT2D eigenvalue weighted by Gasteiger charge is 2.46. The van der Waals surface area contributed by atoms with E-state index in [1.54, 1.807) is 0 Å². The fourth-order valence-corrected chi connectivity index (χ4v) is 3.28. The van der Waals surface area contributed by atoms with Crippen LogP contribution in [-0.2, 0) is 0 Å². The molecule has 1 aliphatic heterocycles. The quantitative estimate of drug-likeness (QED) is 0.614. The zero-order valence-corrected chi connectivity index (χ0v) is 14.0. The van der Waals surface area contributed by atoms with E-state index in [1.807, 2.05) is 97.9 Å². The summed E-state index contributed by atoms with van der Waals surface area (Å²) in [5.41, 5.74) is 2.52. The van der Waals surface area contributed by atoms with Gasteiger partial charge in [0, 0.05) is 16.7 Å². The zero-order valence-electron chi connectivity index (χ0n) is 14.0. The lowest BCUT2D eigenvalue weighted by atomic mass is 9.84. The number of carbonyl (C=O) groups excluding carboxylic acids is 1. The van der Waals surface area contributed by atoms with Crippen molar-refractivity contribution in [2.75, 3.05) is 0 Å². The summed E-state index contributed by atoms with van der Waals surface area (Å²) < 4.78 is 6.18. The predicted octanol–water partition coefficient (Wildman–Crippen LogP) is 5.26. The first-order chi connectivity index (χ1) is 12.2. The molecule has 1 unspecified atom stereocenters. The number of ketones is 1. The molecule has 0 radical (unpaired) electrons. The summed E-state index contributed by atoms with van der Waals surface area (Å²) in [7, 11) is 0. The number of ether oxygens (including phenoxy) is 1. The molecule has 0 aliphatic carbocycles. The lowest BCUT2D eigenvalue weighted by molar-refractivity contribution is 0.0722. The first-order valence-electron chi connectivity index (χ1n) is 8.34. The lowest BCUT2D eigenvalue weighted by Gasteiger charge is -2.24. The number of rotatable bonds is 3. The van der Waals surface area contributed by atoms with Gasteiger partial charge >= 0.3 is 0 Å². The van der Waals surface area contributed by atoms with Crippen LogP contribution in [0.4, 0.5) is 0 Å². The molecule has 3 aromatic rings. The molecule has 0 spiro atoms. The van der Waals surface area contributed by atoms with Crippen LogP contribution in [0.25, 0.3) is 11.6 Å². The van der Waals surface area contributed by atoms with Gasteiger partial charge in [0.25, 0.3) is 0 Å². The maximum absolute atomic E-state index is 13.3. The molecule has 0 bridgehead atoms. The Labute approximate surface area is 147 Å². The average Bonchev–Trinajstić information content (AvgIpc) is 2.96. The van der Waals surface area contributed by atoms with Crippen LogP contribution < -0.4 is 4.74 Å². The Kier molecular flexibility index (Phi) is 3.73. The van der Waals surface area contributed by atoms with Crippen molar-refractivity contribution in [1.29, 1.82) is 0 Å². The molecule has 0 amide bonds. The molecule has 122 valence electrons. The van der Waals surface area contributed by atoms with Gasteiger partial charge in [0.15, 0.2) is 5.60 Å². The lowest BCUT2D eigenvalue weighted by Crippen LogP contribution is -2.39. The number of hydrogen-bond donors (Lipinski definition) is 0. The summed E-state index contributed by atoms with van der Waals surface area (Å²) in [6, 6.07) is 27.2. The topological polar surface area (TPSA) is 26.3 Å². The first kappa shape index (κ1) is 15.4. The number of benzene rings is 3. The van der Waals surface area contributed by atoms with Gasteiger partial charge in [-0.3, -0.25) is 4.79 Å². The molecule has 1 atom stereocenters. The third kappa shape index (κ3) is 2.66. The molecule has 0 aromatic heterocycles. The van der Waals surface area contributed by atoms with E-state index in [9.17, 15) is 4.79 Å². The second-order valence-corrected chi connectivity index (χ2v) is 6.30. The average molecular weight is 326 g/mol. The minimum atomic E-state index is -1.04. The number of Topliss-reactive ketones (excluding diaryl/α,β-unsaturated/α-hetero) is 1. The molecular formula is C23H18O2. The Hall–Kier alpha value is -3.13. The van der Waals surface area contributed by atoms with Gasteiger partial charge in [0.05, 0.1) is 0 Å². The number of carbonyl (C=O) groups is 1. The SMILES string of the molecule is CC1(C(=O)c2ccccc2)Oc2ccccc2C1=Cc1ccccc1. The van der Waals surface area contributed by atoms with Crippen LogP contribution >= 0.6 is 0 Å². The standard InChI is InChI=1S/C23H18O2/c1-23(22(24)18-12-6-3-7-13-18)20(16-17-10-4-2-5-11-17)19-14-8-9-15-21(19)25-23/h2-16H,1H3. The molecule has 1 aliphatic rings. The smallest absolute Gasteiger partial charge is 0.210 e. The van der Waals surface area contributed by atoms with E-state index in [4.69, 9.17) is 4.74 Å². The number of para-hydroxylation sites is 1. The summed E-state index contributed by atoms with van der Waals surface area (Å²) in [5, 5.41) is 0. The Bertz CT molecular complexity index is 942. The van der Waals surface area contributed by atoms with Crippen molar-refractivity contribution < 1.29 is 9.53 Å². The van der Waals surface area contributed by atoms with Gasteiger partial charge in [-0.25, -0.2) is 0 Å². The molecule has 3 aromatic carbocycles. The molecule has 4 rings (SSSR count). The van der Waals surface area contributed by atoms with Gasteiger partial charge in [-0.15, -0.1) is 0 Å². The van der Waals surface area contributed by atoms with Crippen molar-refractivity contribution in [1.82, 2.24) is 0 Å². The van der Waals surface area contributed by atoms with E-state index in [0.717, 1.165) is 22.4 Å². The first-order valence-corrected chi connectivity index (χ1v) is 8.34. The van der Waals surface area contributed by atoms with Crippen LogP contribution in [0, 0.1) is 0 Å². The van der Waals surface area contributed by atoms with Crippen LogP contribution in [0.1, 0.15) is 28.4 Å². The molecule has 2 heteroatoms. The van der Waals surface area contributed by atoms with Gasteiger partial charge in [-0.2, -0.15) is 0 Å². The molecular weight excluding hydrogens is 308 g/mol. The zero-order chi connectivity index (χ0) is 17.3. The van der Waals surface area contributed by atoms with Crippen molar-refractivity contribution in [3.8, 4) is 5.75 Å². The van der Waals surface area contributed by atoms with Crippen molar-refractivity contribution in [3.05, 3.63) is 102 Å². The van der Waals surface area contributed by atoms with Crippen molar-refractivity contribution in [2.45, 2.75) is 12.5 Å². The van der Waals surface area contributed by atoms with Gasteiger partial charge in [-0.05, 0) is 24.6 Å². The fourth-order valence-electron chi connectivity index (χ4n) is 3.28. The van der Waals surface area contributed by atoms with Crippen molar-refractivity contribution >= 4 is 17.4 Å². The molecule has 0 saturated carbocycles. The maximum Gasteiger partial charge on any atom is 0.210 e. The monoisotopic (exact) mass is 326 g/mol. The van der Waals surface area contributed by atoms with Crippen LogP contribution in [0.3, 0.4) is 0 Å². The van der Waals surface area contributed by atoms with E-state index < -0.39 is 5.60 Å². The Balaban J connectivity index is 1.87. The fraction of sp³-hybridized carbons (Fsp3) is 0.0870. The summed E-state index contributed by atoms with van der Waals surface area (Å²) in [4.78, 5) is 13.3. The van der Waals surface area contributed by atoms with E-state index in [0.29, 0.717) is 5.56 Å². The van der Waals surface area contributed by atoms with Gasteiger partial charge in [-0.1, -0.05) is 78.9 Å². The third-order valence-corrected chi connectivity index (χ3v) is 4.59. The second kappa shape index (κ2) is 6.06.